The van der Waals surface area contributed by atoms with Crippen LogP contribution in [0.1, 0.15) is 24.1 Å². The molecule has 4 nitrogen and oxygen atoms in total. The molecule has 3 rings (SSSR count). The van der Waals surface area contributed by atoms with Gasteiger partial charge in [0, 0.05) is 37.7 Å². The van der Waals surface area contributed by atoms with Crippen molar-refractivity contribution < 1.29 is 9.53 Å². The van der Waals surface area contributed by atoms with E-state index in [1.165, 1.54) is 17.7 Å². The van der Waals surface area contributed by atoms with Crippen molar-refractivity contribution in [2.24, 2.45) is 5.92 Å². The second kappa shape index (κ2) is 8.09. The summed E-state index contributed by atoms with van der Waals surface area (Å²) in [5, 5.41) is 2.04. The summed E-state index contributed by atoms with van der Waals surface area (Å²) in [6.45, 7) is 6.87. The van der Waals surface area contributed by atoms with Gasteiger partial charge < -0.3 is 14.5 Å². The van der Waals surface area contributed by atoms with E-state index in [1.807, 2.05) is 11.4 Å². The third-order valence-electron chi connectivity index (χ3n) is 4.62. The highest BCUT2D eigenvalue weighted by atomic mass is 32.1. The molecule has 0 spiro atoms. The van der Waals surface area contributed by atoms with Gasteiger partial charge >= 0.3 is 0 Å². The molecule has 2 aliphatic heterocycles. The molecule has 1 atom stereocenters. The van der Waals surface area contributed by atoms with E-state index in [4.69, 9.17) is 4.74 Å². The number of ether oxygens (including phenoxy) is 1. The van der Waals surface area contributed by atoms with E-state index in [1.54, 1.807) is 11.3 Å². The SMILES string of the molecule is O=C(Cc1cccs1)N1CCCN(CC2CCCOC2)CC1. The second-order valence-electron chi connectivity index (χ2n) is 6.37. The van der Waals surface area contributed by atoms with Gasteiger partial charge in [0.05, 0.1) is 13.0 Å². The molecule has 0 N–H and O–H groups in total. The van der Waals surface area contributed by atoms with Crippen molar-refractivity contribution in [3.05, 3.63) is 22.4 Å². The molecule has 22 heavy (non-hydrogen) atoms. The fourth-order valence-electron chi connectivity index (χ4n) is 3.39. The molecule has 0 bridgehead atoms. The average molecular weight is 322 g/mol. The molecule has 0 radical (unpaired) electrons. The maximum absolute atomic E-state index is 12.4. The van der Waals surface area contributed by atoms with E-state index >= 15 is 0 Å². The molecule has 122 valence electrons. The van der Waals surface area contributed by atoms with Crippen LogP contribution in [0.4, 0.5) is 0 Å². The third-order valence-corrected chi connectivity index (χ3v) is 5.49. The van der Waals surface area contributed by atoms with Crippen LogP contribution in [0.25, 0.3) is 0 Å². The van der Waals surface area contributed by atoms with Crippen molar-refractivity contribution >= 4 is 17.2 Å². The minimum absolute atomic E-state index is 0.283. The van der Waals surface area contributed by atoms with Crippen LogP contribution in [0, 0.1) is 5.92 Å². The van der Waals surface area contributed by atoms with Crippen molar-refractivity contribution in [2.75, 3.05) is 45.9 Å². The zero-order valence-electron chi connectivity index (χ0n) is 13.2. The first kappa shape index (κ1) is 16.0. The summed E-state index contributed by atoms with van der Waals surface area (Å²) in [6.07, 6.45) is 4.14. The predicted octanol–water partition coefficient (Wildman–Crippen LogP) is 2.25. The summed E-state index contributed by atoms with van der Waals surface area (Å²) in [4.78, 5) is 18.2. The number of hydrogen-bond donors (Lipinski definition) is 0. The molecule has 1 amide bonds. The fraction of sp³-hybridized carbons (Fsp3) is 0.706. The quantitative estimate of drug-likeness (QED) is 0.852. The summed E-state index contributed by atoms with van der Waals surface area (Å²) in [7, 11) is 0. The van der Waals surface area contributed by atoms with Crippen LogP contribution in [0.2, 0.25) is 0 Å². The first-order chi connectivity index (χ1) is 10.8. The van der Waals surface area contributed by atoms with Crippen LogP contribution in [0.5, 0.6) is 0 Å². The van der Waals surface area contributed by atoms with Gasteiger partial charge in [-0.1, -0.05) is 6.07 Å². The van der Waals surface area contributed by atoms with E-state index in [0.717, 1.165) is 52.4 Å². The fourth-order valence-corrected chi connectivity index (χ4v) is 4.09. The maximum atomic E-state index is 12.4. The standard InChI is InChI=1S/C17H26N2O2S/c20-17(12-16-5-2-11-22-16)19-7-3-6-18(8-9-19)13-15-4-1-10-21-14-15/h2,5,11,15H,1,3-4,6-10,12-14H2. The minimum atomic E-state index is 0.283. The van der Waals surface area contributed by atoms with E-state index in [0.29, 0.717) is 12.3 Å². The molecule has 0 saturated carbocycles. The van der Waals surface area contributed by atoms with Crippen molar-refractivity contribution in [1.82, 2.24) is 9.80 Å². The highest BCUT2D eigenvalue weighted by Crippen LogP contribution is 2.17. The molecule has 1 unspecified atom stereocenters. The molecule has 0 aromatic carbocycles. The summed E-state index contributed by atoms with van der Waals surface area (Å²) < 4.78 is 5.58. The number of thiophene rings is 1. The molecule has 2 saturated heterocycles. The van der Waals surface area contributed by atoms with Crippen LogP contribution in [0.3, 0.4) is 0 Å². The first-order valence-electron chi connectivity index (χ1n) is 8.41. The lowest BCUT2D eigenvalue weighted by molar-refractivity contribution is -0.130. The predicted molar refractivity (Wildman–Crippen MR) is 89.2 cm³/mol. The van der Waals surface area contributed by atoms with Gasteiger partial charge in [0.1, 0.15) is 0 Å². The molecule has 2 fully saturated rings. The van der Waals surface area contributed by atoms with Crippen LogP contribution in [-0.2, 0) is 16.0 Å². The van der Waals surface area contributed by atoms with Crippen molar-refractivity contribution in [2.45, 2.75) is 25.7 Å². The molecule has 0 aliphatic carbocycles. The Hall–Kier alpha value is -0.910. The number of carbonyl (C=O) groups is 1. The van der Waals surface area contributed by atoms with Gasteiger partial charge in [0.2, 0.25) is 5.91 Å². The molecular weight excluding hydrogens is 296 g/mol. The third kappa shape index (κ3) is 4.54. The lowest BCUT2D eigenvalue weighted by Gasteiger charge is -2.28. The normalized spacial score (nSPS) is 24.2. The highest BCUT2D eigenvalue weighted by molar-refractivity contribution is 7.10. The van der Waals surface area contributed by atoms with Crippen molar-refractivity contribution in [3.63, 3.8) is 0 Å². The molecule has 1 aromatic heterocycles. The van der Waals surface area contributed by atoms with Crippen LogP contribution in [0.15, 0.2) is 17.5 Å². The Morgan fingerprint density at radius 1 is 1.27 bits per heavy atom. The Kier molecular flexibility index (Phi) is 5.87. The summed E-state index contributed by atoms with van der Waals surface area (Å²) >= 11 is 1.67. The summed E-state index contributed by atoms with van der Waals surface area (Å²) in [5.41, 5.74) is 0. The van der Waals surface area contributed by atoms with Gasteiger partial charge in [0.25, 0.3) is 0 Å². The molecular formula is C17H26N2O2S. The van der Waals surface area contributed by atoms with Gasteiger partial charge in [-0.2, -0.15) is 0 Å². The molecule has 3 heterocycles. The molecule has 2 aliphatic rings. The number of carbonyl (C=O) groups excluding carboxylic acids is 1. The summed E-state index contributed by atoms with van der Waals surface area (Å²) in [6, 6.07) is 4.07. The Morgan fingerprint density at radius 2 is 2.23 bits per heavy atom. The average Bonchev–Trinajstić information content (AvgIpc) is 2.93. The molecule has 5 heteroatoms. The van der Waals surface area contributed by atoms with Gasteiger partial charge in [-0.25, -0.2) is 0 Å². The Morgan fingerprint density at radius 3 is 3.00 bits per heavy atom. The first-order valence-corrected chi connectivity index (χ1v) is 9.29. The van der Waals surface area contributed by atoms with E-state index < -0.39 is 0 Å². The van der Waals surface area contributed by atoms with Crippen LogP contribution in [-0.4, -0.2) is 61.6 Å². The Bertz CT molecular complexity index is 457. The number of rotatable bonds is 4. The largest absolute Gasteiger partial charge is 0.381 e. The van der Waals surface area contributed by atoms with Gasteiger partial charge in [-0.3, -0.25) is 4.79 Å². The maximum Gasteiger partial charge on any atom is 0.227 e. The number of amides is 1. The van der Waals surface area contributed by atoms with E-state index in [9.17, 15) is 4.79 Å². The Balaban J connectivity index is 1.45. The monoisotopic (exact) mass is 322 g/mol. The van der Waals surface area contributed by atoms with Crippen molar-refractivity contribution in [1.29, 1.82) is 0 Å². The van der Waals surface area contributed by atoms with Crippen molar-refractivity contribution in [3.8, 4) is 0 Å². The van der Waals surface area contributed by atoms with E-state index in [-0.39, 0.29) is 5.91 Å². The number of nitrogens with zero attached hydrogens (tertiary/aromatic N) is 2. The van der Waals surface area contributed by atoms with E-state index in [2.05, 4.69) is 15.9 Å². The lowest BCUT2D eigenvalue weighted by Crippen LogP contribution is -2.38. The zero-order chi connectivity index (χ0) is 15.2. The molecule has 1 aromatic rings. The Labute approximate surface area is 137 Å². The van der Waals surface area contributed by atoms with Gasteiger partial charge in [-0.05, 0) is 43.2 Å². The smallest absolute Gasteiger partial charge is 0.227 e. The van der Waals surface area contributed by atoms with Crippen LogP contribution < -0.4 is 0 Å². The highest BCUT2D eigenvalue weighted by Gasteiger charge is 2.22. The van der Waals surface area contributed by atoms with Crippen LogP contribution >= 0.6 is 11.3 Å². The minimum Gasteiger partial charge on any atom is -0.381 e. The van der Waals surface area contributed by atoms with Gasteiger partial charge in [-0.15, -0.1) is 11.3 Å². The second-order valence-corrected chi connectivity index (χ2v) is 7.41. The number of hydrogen-bond acceptors (Lipinski definition) is 4. The lowest BCUT2D eigenvalue weighted by atomic mass is 10.0. The summed E-state index contributed by atoms with van der Waals surface area (Å²) in [5.74, 6) is 0.965. The zero-order valence-corrected chi connectivity index (χ0v) is 14.0. The van der Waals surface area contributed by atoms with Gasteiger partial charge in [0.15, 0.2) is 0 Å². The topological polar surface area (TPSA) is 32.8 Å².